The second kappa shape index (κ2) is 2.34. The summed E-state index contributed by atoms with van der Waals surface area (Å²) in [4.78, 5) is 10.5. The van der Waals surface area contributed by atoms with E-state index >= 15 is 0 Å². The average Bonchev–Trinajstić information content (AvgIpc) is 1.90. The van der Waals surface area contributed by atoms with E-state index in [-0.39, 0.29) is 5.91 Å². The predicted molar refractivity (Wildman–Crippen MR) is 32.1 cm³/mol. The van der Waals surface area contributed by atoms with Crippen LogP contribution < -0.4 is 16.7 Å². The number of hydrogen-bond donors (Lipinski definition) is 3. The lowest BCUT2D eigenvalue weighted by Crippen LogP contribution is -2.46. The number of hydrogen-bond acceptors (Lipinski definition) is 3. The monoisotopic (exact) mass is 128 g/mol. The zero-order valence-corrected chi connectivity index (χ0v) is 4.85. The number of hydrazone groups is 1. The molecule has 1 fully saturated rings. The number of carbonyl (C=O) groups is 1. The predicted octanol–water partition coefficient (Wildman–Crippen LogP) is -1.33. The molecule has 1 saturated heterocycles. The molecule has 50 valence electrons. The lowest BCUT2D eigenvalue weighted by Gasteiger charge is -2.14. The molecule has 1 aliphatic rings. The summed E-state index contributed by atoms with van der Waals surface area (Å²) in [7, 11) is 0. The van der Waals surface area contributed by atoms with E-state index in [0.717, 1.165) is 0 Å². The van der Waals surface area contributed by atoms with Gasteiger partial charge in [0.25, 0.3) is 0 Å². The van der Waals surface area contributed by atoms with Gasteiger partial charge in [-0.25, -0.2) is 0 Å². The van der Waals surface area contributed by atoms with E-state index < -0.39 is 0 Å². The van der Waals surface area contributed by atoms with Crippen LogP contribution in [0.1, 0.15) is 12.8 Å². The number of nitrogens with two attached hydrogens (primary N) is 1. The highest BCUT2D eigenvalue weighted by Gasteiger charge is 2.10. The lowest BCUT2D eigenvalue weighted by atomic mass is 10.2. The van der Waals surface area contributed by atoms with Crippen LogP contribution in [-0.2, 0) is 4.79 Å². The van der Waals surface area contributed by atoms with E-state index in [1.54, 1.807) is 0 Å². The van der Waals surface area contributed by atoms with Gasteiger partial charge >= 0.3 is 0 Å². The van der Waals surface area contributed by atoms with Crippen LogP contribution in [0.4, 0.5) is 0 Å². The van der Waals surface area contributed by atoms with E-state index in [1.807, 2.05) is 0 Å². The highest BCUT2D eigenvalue weighted by atomic mass is 16.2. The summed E-state index contributed by atoms with van der Waals surface area (Å²) in [5, 5.41) is 3.37. The Balaban J connectivity index is 2.44. The first-order valence-electron chi connectivity index (χ1n) is 2.64. The minimum atomic E-state index is -0.0256. The van der Waals surface area contributed by atoms with Gasteiger partial charge in [0.15, 0.2) is 0 Å². The van der Waals surface area contributed by atoms with E-state index in [2.05, 4.69) is 16.0 Å². The highest BCUT2D eigenvalue weighted by molar-refractivity contribution is 5.91. The van der Waals surface area contributed by atoms with Gasteiger partial charge in [0.2, 0.25) is 5.91 Å². The molecule has 0 aliphatic carbocycles. The number of amides is 1. The first-order chi connectivity index (χ1) is 4.33. The van der Waals surface area contributed by atoms with Crippen LogP contribution in [0, 0.1) is 0 Å². The van der Waals surface area contributed by atoms with Crippen molar-refractivity contribution in [3.63, 3.8) is 0 Å². The van der Waals surface area contributed by atoms with Crippen molar-refractivity contribution in [3.05, 3.63) is 0 Å². The Morgan fingerprint density at radius 1 is 1.44 bits per heavy atom. The first kappa shape index (κ1) is 5.87. The number of hydrazine groups is 1. The second-order valence-electron chi connectivity index (χ2n) is 1.75. The van der Waals surface area contributed by atoms with Gasteiger partial charge in [0.05, 0.1) is 0 Å². The molecule has 5 heteroatoms. The van der Waals surface area contributed by atoms with Crippen molar-refractivity contribution >= 4 is 11.7 Å². The van der Waals surface area contributed by atoms with Crippen LogP contribution in [0.2, 0.25) is 0 Å². The van der Waals surface area contributed by atoms with E-state index in [4.69, 9.17) is 5.84 Å². The zero-order valence-electron chi connectivity index (χ0n) is 4.85. The summed E-state index contributed by atoms with van der Waals surface area (Å²) in [6.45, 7) is 0. The number of nitrogens with one attached hydrogen (secondary N) is 2. The maximum Gasteiger partial charge on any atom is 0.238 e. The molecule has 0 radical (unpaired) electrons. The van der Waals surface area contributed by atoms with Crippen LogP contribution in [0.15, 0.2) is 5.10 Å². The van der Waals surface area contributed by atoms with Gasteiger partial charge in [-0.2, -0.15) is 5.10 Å². The molecule has 1 aliphatic heterocycles. The molecular weight excluding hydrogens is 120 g/mol. The molecule has 1 amide bonds. The third-order valence-electron chi connectivity index (χ3n) is 1.09. The largest absolute Gasteiger partial charge is 0.322 e. The van der Waals surface area contributed by atoms with Gasteiger partial charge in [-0.15, -0.1) is 0 Å². The van der Waals surface area contributed by atoms with Gasteiger partial charge in [-0.3, -0.25) is 15.6 Å². The molecule has 0 saturated carbocycles. The molecule has 9 heavy (non-hydrogen) atoms. The quantitative estimate of drug-likeness (QED) is 0.279. The van der Waals surface area contributed by atoms with Gasteiger partial charge in [-0.1, -0.05) is 0 Å². The Morgan fingerprint density at radius 3 is 2.67 bits per heavy atom. The second-order valence-corrected chi connectivity index (χ2v) is 1.75. The average molecular weight is 128 g/mol. The minimum Gasteiger partial charge on any atom is -0.322 e. The summed E-state index contributed by atoms with van der Waals surface area (Å²) in [6.07, 6.45) is 1.06. The fourth-order valence-corrected chi connectivity index (χ4v) is 0.596. The summed E-state index contributed by atoms with van der Waals surface area (Å²) in [5.41, 5.74) is 4.93. The Morgan fingerprint density at radius 2 is 2.22 bits per heavy atom. The van der Waals surface area contributed by atoms with Crippen LogP contribution in [0.25, 0.3) is 0 Å². The smallest absolute Gasteiger partial charge is 0.238 e. The minimum absolute atomic E-state index is 0.0256. The van der Waals surface area contributed by atoms with Crippen LogP contribution in [0.3, 0.4) is 0 Å². The van der Waals surface area contributed by atoms with Crippen molar-refractivity contribution < 1.29 is 4.79 Å². The van der Waals surface area contributed by atoms with Crippen molar-refractivity contribution in [1.82, 2.24) is 10.9 Å². The molecular formula is C4H8N4O. The number of rotatable bonds is 0. The van der Waals surface area contributed by atoms with E-state index in [0.29, 0.717) is 18.7 Å². The molecule has 0 aromatic heterocycles. The van der Waals surface area contributed by atoms with Gasteiger partial charge in [0, 0.05) is 12.8 Å². The fourth-order valence-electron chi connectivity index (χ4n) is 0.596. The Kier molecular flexibility index (Phi) is 1.53. The van der Waals surface area contributed by atoms with Gasteiger partial charge in [-0.05, 0) is 0 Å². The standard InChI is InChI=1S/C4H8N4O/c5-6-3-1-2-4(9)8-7-3/h1-2,5H2,(H,6,7)(H,8,9). The Bertz CT molecular complexity index is 141. The number of nitrogens with zero attached hydrogens (tertiary/aromatic N) is 1. The Labute approximate surface area is 52.3 Å². The van der Waals surface area contributed by atoms with Crippen molar-refractivity contribution in [2.24, 2.45) is 10.9 Å². The molecule has 0 spiro atoms. The topological polar surface area (TPSA) is 79.5 Å². The molecule has 1 rings (SSSR count). The van der Waals surface area contributed by atoms with Crippen LogP contribution >= 0.6 is 0 Å². The number of carbonyl (C=O) groups excluding carboxylic acids is 1. The molecule has 0 bridgehead atoms. The van der Waals surface area contributed by atoms with E-state index in [9.17, 15) is 4.79 Å². The van der Waals surface area contributed by atoms with Gasteiger partial charge in [0.1, 0.15) is 5.84 Å². The third-order valence-corrected chi connectivity index (χ3v) is 1.09. The van der Waals surface area contributed by atoms with Crippen molar-refractivity contribution in [2.45, 2.75) is 12.8 Å². The molecule has 4 N–H and O–H groups in total. The van der Waals surface area contributed by atoms with Crippen molar-refractivity contribution in [2.75, 3.05) is 0 Å². The molecule has 1 heterocycles. The maximum absolute atomic E-state index is 10.5. The van der Waals surface area contributed by atoms with Crippen molar-refractivity contribution in [1.29, 1.82) is 0 Å². The highest BCUT2D eigenvalue weighted by Crippen LogP contribution is 1.93. The van der Waals surface area contributed by atoms with E-state index in [1.165, 1.54) is 0 Å². The number of amidine groups is 1. The molecule has 0 aromatic carbocycles. The zero-order chi connectivity index (χ0) is 6.69. The normalized spacial score (nSPS) is 23.1. The molecule has 0 unspecified atom stereocenters. The molecule has 5 nitrogen and oxygen atoms in total. The summed E-state index contributed by atoms with van der Waals surface area (Å²) in [6, 6.07) is 0. The summed E-state index contributed by atoms with van der Waals surface area (Å²) in [5.74, 6) is 5.52. The first-order valence-corrected chi connectivity index (χ1v) is 2.64. The SMILES string of the molecule is NN=C1CCC(=O)NN1. The van der Waals surface area contributed by atoms with Gasteiger partial charge < -0.3 is 5.84 Å². The summed E-state index contributed by atoms with van der Waals surface area (Å²) >= 11 is 0. The summed E-state index contributed by atoms with van der Waals surface area (Å²) < 4.78 is 0. The molecule has 0 aromatic rings. The van der Waals surface area contributed by atoms with Crippen LogP contribution in [0.5, 0.6) is 0 Å². The molecule has 0 atom stereocenters. The fraction of sp³-hybridized carbons (Fsp3) is 0.500. The third kappa shape index (κ3) is 1.31. The lowest BCUT2D eigenvalue weighted by molar-refractivity contribution is -0.122. The Hall–Kier alpha value is -1.26. The maximum atomic E-state index is 10.5. The van der Waals surface area contributed by atoms with Crippen molar-refractivity contribution in [3.8, 4) is 0 Å². The van der Waals surface area contributed by atoms with Crippen LogP contribution in [-0.4, -0.2) is 11.7 Å².